The molecule has 0 spiro atoms. The van der Waals surface area contributed by atoms with E-state index in [0.717, 1.165) is 0 Å². The summed E-state index contributed by atoms with van der Waals surface area (Å²) in [5.41, 5.74) is 5.31. The first kappa shape index (κ1) is 11.4. The summed E-state index contributed by atoms with van der Waals surface area (Å²) in [5, 5.41) is 2.61. The van der Waals surface area contributed by atoms with Gasteiger partial charge in [0.15, 0.2) is 0 Å². The Hall–Kier alpha value is -0.710. The molecule has 0 aromatic rings. The van der Waals surface area contributed by atoms with E-state index in [1.54, 1.807) is 6.92 Å². The van der Waals surface area contributed by atoms with Crippen molar-refractivity contribution in [3.63, 3.8) is 0 Å². The number of halogens is 2. The number of hydrogen-bond acceptors (Lipinski definition) is 2. The third kappa shape index (κ3) is 2.90. The van der Waals surface area contributed by atoms with Crippen molar-refractivity contribution in [2.45, 2.75) is 38.2 Å². The Bertz CT molecular complexity index is 221. The van der Waals surface area contributed by atoms with Crippen LogP contribution in [0.25, 0.3) is 0 Å². The number of carbonyl (C=O) groups excluding carboxylic acids is 1. The highest BCUT2D eigenvalue weighted by Gasteiger charge is 2.42. The Morgan fingerprint density at radius 1 is 1.71 bits per heavy atom. The summed E-state index contributed by atoms with van der Waals surface area (Å²) in [4.78, 5) is 11.4. The molecule has 0 aromatic carbocycles. The van der Waals surface area contributed by atoms with Gasteiger partial charge < -0.3 is 11.1 Å². The number of amides is 1. The van der Waals surface area contributed by atoms with Crippen molar-refractivity contribution < 1.29 is 13.6 Å². The fourth-order valence-electron chi connectivity index (χ4n) is 1.59. The van der Waals surface area contributed by atoms with Crippen LogP contribution < -0.4 is 11.1 Å². The van der Waals surface area contributed by atoms with Crippen molar-refractivity contribution in [3.8, 4) is 0 Å². The van der Waals surface area contributed by atoms with E-state index < -0.39 is 11.8 Å². The van der Waals surface area contributed by atoms with Crippen molar-refractivity contribution in [2.24, 2.45) is 11.7 Å². The minimum Gasteiger partial charge on any atom is -0.352 e. The van der Waals surface area contributed by atoms with Gasteiger partial charge in [-0.05, 0) is 13.3 Å². The van der Waals surface area contributed by atoms with E-state index in [-0.39, 0.29) is 31.2 Å². The van der Waals surface area contributed by atoms with Gasteiger partial charge >= 0.3 is 0 Å². The summed E-state index contributed by atoms with van der Waals surface area (Å²) in [6, 6.07) is -0.142. The first-order valence-electron chi connectivity index (χ1n) is 4.83. The van der Waals surface area contributed by atoms with Crippen LogP contribution in [-0.2, 0) is 4.79 Å². The maximum atomic E-state index is 12.8. The third-order valence-electron chi connectivity index (χ3n) is 2.52. The minimum absolute atomic E-state index is 0.142. The molecule has 1 aliphatic carbocycles. The standard InChI is InChI=1S/C9H16F2N2O/c1-6(5-12)13-8(14)7-2-3-9(10,11)4-7/h6-7H,2-5,12H2,1H3,(H,13,14). The van der Waals surface area contributed by atoms with Crippen molar-refractivity contribution in [3.05, 3.63) is 0 Å². The molecule has 0 bridgehead atoms. The molecular weight excluding hydrogens is 190 g/mol. The maximum absolute atomic E-state index is 12.8. The van der Waals surface area contributed by atoms with Crippen LogP contribution in [0.4, 0.5) is 8.78 Å². The van der Waals surface area contributed by atoms with Crippen molar-refractivity contribution in [1.82, 2.24) is 5.32 Å². The quantitative estimate of drug-likeness (QED) is 0.720. The zero-order valence-corrected chi connectivity index (χ0v) is 8.22. The maximum Gasteiger partial charge on any atom is 0.248 e. The van der Waals surface area contributed by atoms with Gasteiger partial charge in [-0.25, -0.2) is 8.78 Å². The summed E-state index contributed by atoms with van der Waals surface area (Å²) in [5.74, 6) is -3.49. The number of alkyl halides is 2. The van der Waals surface area contributed by atoms with Gasteiger partial charge in [-0.3, -0.25) is 4.79 Å². The van der Waals surface area contributed by atoms with E-state index in [2.05, 4.69) is 5.32 Å². The van der Waals surface area contributed by atoms with E-state index in [4.69, 9.17) is 5.73 Å². The Morgan fingerprint density at radius 3 is 2.79 bits per heavy atom. The minimum atomic E-state index is -2.66. The van der Waals surface area contributed by atoms with Crippen LogP contribution in [0.15, 0.2) is 0 Å². The van der Waals surface area contributed by atoms with Crippen LogP contribution in [-0.4, -0.2) is 24.4 Å². The molecule has 0 radical (unpaired) electrons. The second-order valence-electron chi connectivity index (χ2n) is 3.94. The predicted molar refractivity (Wildman–Crippen MR) is 48.9 cm³/mol. The Labute approximate surface area is 82.0 Å². The second kappa shape index (κ2) is 4.21. The number of rotatable bonds is 3. The lowest BCUT2D eigenvalue weighted by Crippen LogP contribution is -2.40. The van der Waals surface area contributed by atoms with E-state index in [0.29, 0.717) is 6.54 Å². The van der Waals surface area contributed by atoms with Gasteiger partial charge in [0.05, 0.1) is 0 Å². The summed E-state index contributed by atoms with van der Waals surface area (Å²) in [7, 11) is 0. The number of hydrogen-bond donors (Lipinski definition) is 2. The number of nitrogens with one attached hydrogen (secondary N) is 1. The highest BCUT2D eigenvalue weighted by Crippen LogP contribution is 2.38. The second-order valence-corrected chi connectivity index (χ2v) is 3.94. The van der Waals surface area contributed by atoms with Gasteiger partial charge in [0.25, 0.3) is 0 Å². The van der Waals surface area contributed by atoms with Crippen LogP contribution >= 0.6 is 0 Å². The third-order valence-corrected chi connectivity index (χ3v) is 2.52. The molecule has 0 aliphatic heterocycles. The molecule has 2 unspecified atom stereocenters. The van der Waals surface area contributed by atoms with Crippen molar-refractivity contribution in [2.75, 3.05) is 6.54 Å². The normalized spacial score (nSPS) is 27.3. The highest BCUT2D eigenvalue weighted by atomic mass is 19.3. The Morgan fingerprint density at radius 2 is 2.36 bits per heavy atom. The zero-order chi connectivity index (χ0) is 10.8. The highest BCUT2D eigenvalue weighted by molar-refractivity contribution is 5.79. The predicted octanol–water partition coefficient (Wildman–Crippen LogP) is 0.885. The van der Waals surface area contributed by atoms with E-state index in [1.807, 2.05) is 0 Å². The fraction of sp³-hybridized carbons (Fsp3) is 0.889. The lowest BCUT2D eigenvalue weighted by Gasteiger charge is -2.15. The van der Waals surface area contributed by atoms with Gasteiger partial charge in [-0.15, -0.1) is 0 Å². The van der Waals surface area contributed by atoms with Crippen molar-refractivity contribution >= 4 is 5.91 Å². The van der Waals surface area contributed by atoms with Crippen LogP contribution in [0, 0.1) is 5.92 Å². The first-order valence-corrected chi connectivity index (χ1v) is 4.83. The van der Waals surface area contributed by atoms with E-state index in [1.165, 1.54) is 0 Å². The molecule has 14 heavy (non-hydrogen) atoms. The molecule has 1 amide bonds. The molecule has 0 saturated heterocycles. The Kier molecular flexibility index (Phi) is 3.42. The first-order chi connectivity index (χ1) is 6.44. The summed E-state index contributed by atoms with van der Waals surface area (Å²) >= 11 is 0. The molecule has 5 heteroatoms. The summed E-state index contributed by atoms with van der Waals surface area (Å²) < 4.78 is 25.5. The molecule has 3 N–H and O–H groups in total. The van der Waals surface area contributed by atoms with Gasteiger partial charge in [-0.1, -0.05) is 0 Å². The summed E-state index contributed by atoms with van der Waals surface area (Å²) in [6.45, 7) is 2.08. The largest absolute Gasteiger partial charge is 0.352 e. The monoisotopic (exact) mass is 206 g/mol. The molecule has 0 heterocycles. The van der Waals surface area contributed by atoms with Crippen LogP contribution in [0.3, 0.4) is 0 Å². The molecule has 1 aliphatic rings. The van der Waals surface area contributed by atoms with E-state index >= 15 is 0 Å². The SMILES string of the molecule is CC(CN)NC(=O)C1CCC(F)(F)C1. The Balaban J connectivity index is 2.40. The molecule has 1 saturated carbocycles. The smallest absolute Gasteiger partial charge is 0.248 e. The summed E-state index contributed by atoms with van der Waals surface area (Å²) in [6.07, 6.45) is -0.228. The van der Waals surface area contributed by atoms with Gasteiger partial charge in [-0.2, -0.15) is 0 Å². The van der Waals surface area contributed by atoms with Crippen molar-refractivity contribution in [1.29, 1.82) is 0 Å². The van der Waals surface area contributed by atoms with E-state index in [9.17, 15) is 13.6 Å². The topological polar surface area (TPSA) is 55.1 Å². The molecule has 1 fully saturated rings. The number of nitrogens with two attached hydrogens (primary N) is 1. The molecule has 1 rings (SSSR count). The lowest BCUT2D eigenvalue weighted by atomic mass is 10.1. The molecular formula is C9H16F2N2O. The lowest BCUT2D eigenvalue weighted by molar-refractivity contribution is -0.126. The average molecular weight is 206 g/mol. The number of carbonyl (C=O) groups is 1. The molecule has 3 nitrogen and oxygen atoms in total. The van der Waals surface area contributed by atoms with Gasteiger partial charge in [0.1, 0.15) is 0 Å². The van der Waals surface area contributed by atoms with Gasteiger partial charge in [0.2, 0.25) is 11.8 Å². The van der Waals surface area contributed by atoms with Crippen LogP contribution in [0.1, 0.15) is 26.2 Å². The van der Waals surface area contributed by atoms with Gasteiger partial charge in [0, 0.05) is 31.3 Å². The van der Waals surface area contributed by atoms with Crippen LogP contribution in [0.5, 0.6) is 0 Å². The molecule has 2 atom stereocenters. The average Bonchev–Trinajstić information content (AvgIpc) is 2.46. The molecule has 0 aromatic heterocycles. The fourth-order valence-corrected chi connectivity index (χ4v) is 1.59. The zero-order valence-electron chi connectivity index (χ0n) is 8.22. The van der Waals surface area contributed by atoms with Crippen LogP contribution in [0.2, 0.25) is 0 Å². The molecule has 82 valence electrons.